The van der Waals surface area contributed by atoms with Crippen LogP contribution in [-0.2, 0) is 23.7 Å². The molecule has 8 nitrogen and oxygen atoms in total. The summed E-state index contributed by atoms with van der Waals surface area (Å²) in [5.74, 6) is 1.48. The zero-order valence-electron chi connectivity index (χ0n) is 18.8. The minimum absolute atomic E-state index is 0.426. The Morgan fingerprint density at radius 2 is 0.818 bits per heavy atom. The van der Waals surface area contributed by atoms with Crippen LogP contribution in [0.2, 0.25) is 0 Å². The first-order chi connectivity index (χ1) is 16.4. The Bertz CT molecular complexity index is 918. The van der Waals surface area contributed by atoms with Gasteiger partial charge < -0.3 is 33.2 Å². The quantitative estimate of drug-likeness (QED) is 0.372. The Morgan fingerprint density at radius 3 is 1.21 bits per heavy atom. The summed E-state index contributed by atoms with van der Waals surface area (Å²) in [4.78, 5) is 0. The standard InChI is InChI=1S/C25H31O8/c1-3-22-20-19-21-23(4-2-6-25(21)33-24(20)5-1)32-18-16-30-14-12-28-10-8-26-7-9-27-11-13-29-15-17-31-22/h1-6,19H,7-18H2/q+1. The highest BCUT2D eigenvalue weighted by Crippen LogP contribution is 2.34. The van der Waals surface area contributed by atoms with Gasteiger partial charge in [0.1, 0.15) is 35.5 Å². The predicted molar refractivity (Wildman–Crippen MR) is 123 cm³/mol. The summed E-state index contributed by atoms with van der Waals surface area (Å²) in [6, 6.07) is 13.6. The molecule has 0 N–H and O–H groups in total. The van der Waals surface area contributed by atoms with Gasteiger partial charge in [-0.1, -0.05) is 0 Å². The zero-order valence-corrected chi connectivity index (χ0v) is 18.8. The normalized spacial score (nSPS) is 18.5. The summed E-state index contributed by atoms with van der Waals surface area (Å²) in [7, 11) is 0. The van der Waals surface area contributed by atoms with E-state index in [-0.39, 0.29) is 0 Å². The molecule has 0 radical (unpaired) electrons. The van der Waals surface area contributed by atoms with E-state index in [0.717, 1.165) is 33.4 Å². The summed E-state index contributed by atoms with van der Waals surface area (Å²) < 4.78 is 45.8. The molecule has 0 saturated carbocycles. The molecule has 4 rings (SSSR count). The lowest BCUT2D eigenvalue weighted by Crippen LogP contribution is -2.15. The van der Waals surface area contributed by atoms with Gasteiger partial charge in [0.25, 0.3) is 0 Å². The Hall–Kier alpha value is -2.49. The third-order valence-electron chi connectivity index (χ3n) is 5.02. The van der Waals surface area contributed by atoms with E-state index in [1.807, 2.05) is 42.5 Å². The topological polar surface area (TPSA) is 75.9 Å². The van der Waals surface area contributed by atoms with Crippen molar-refractivity contribution < 1.29 is 37.6 Å². The summed E-state index contributed by atoms with van der Waals surface area (Å²) >= 11 is 0. The maximum atomic E-state index is 6.12. The SMILES string of the molecule is c1cc2c3cc4c(cccc4[o+]c3c1)OCCOCCOCCOCCOCCOCCO2. The van der Waals surface area contributed by atoms with Gasteiger partial charge in [0.15, 0.2) is 0 Å². The lowest BCUT2D eigenvalue weighted by molar-refractivity contribution is -0.0141. The molecule has 1 aromatic heterocycles. The molecule has 1 aliphatic heterocycles. The number of hydrogen-bond donors (Lipinski definition) is 0. The minimum Gasteiger partial charge on any atom is -0.490 e. The molecule has 33 heavy (non-hydrogen) atoms. The predicted octanol–water partition coefficient (Wildman–Crippen LogP) is 3.72. The molecule has 178 valence electrons. The van der Waals surface area contributed by atoms with Crippen molar-refractivity contribution in [3.05, 3.63) is 42.5 Å². The van der Waals surface area contributed by atoms with Crippen molar-refractivity contribution >= 4 is 21.9 Å². The molecule has 0 saturated heterocycles. The van der Waals surface area contributed by atoms with Crippen molar-refractivity contribution in [1.82, 2.24) is 0 Å². The summed E-state index contributed by atoms with van der Waals surface area (Å²) in [6.45, 7) is 5.92. The largest absolute Gasteiger partial charge is 0.490 e. The molecule has 1 aliphatic rings. The van der Waals surface area contributed by atoms with Gasteiger partial charge in [-0.15, -0.1) is 0 Å². The maximum absolute atomic E-state index is 6.12. The molecule has 3 aromatic rings. The highest BCUT2D eigenvalue weighted by molar-refractivity contribution is 5.96. The average Bonchev–Trinajstić information content (AvgIpc) is 2.84. The molecule has 2 heterocycles. The van der Waals surface area contributed by atoms with E-state index in [4.69, 9.17) is 37.6 Å². The summed E-state index contributed by atoms with van der Waals surface area (Å²) in [5, 5.41) is 1.76. The number of rotatable bonds is 0. The van der Waals surface area contributed by atoms with E-state index in [1.165, 1.54) is 0 Å². The Labute approximate surface area is 193 Å². The molecule has 8 heteroatoms. The second-order valence-corrected chi connectivity index (χ2v) is 7.34. The van der Waals surface area contributed by atoms with Crippen molar-refractivity contribution in [2.24, 2.45) is 0 Å². The van der Waals surface area contributed by atoms with Crippen molar-refractivity contribution in [3.8, 4) is 11.5 Å². The molecule has 2 bridgehead atoms. The van der Waals surface area contributed by atoms with Crippen LogP contribution in [0, 0.1) is 0 Å². The van der Waals surface area contributed by atoms with Crippen LogP contribution in [0.4, 0.5) is 0 Å². The third-order valence-corrected chi connectivity index (χ3v) is 5.02. The van der Waals surface area contributed by atoms with Gasteiger partial charge in [-0.2, -0.15) is 0 Å². The average molecular weight is 460 g/mol. The number of hydrogen-bond acceptors (Lipinski definition) is 7. The third kappa shape index (κ3) is 7.25. The monoisotopic (exact) mass is 459 g/mol. The van der Waals surface area contributed by atoms with E-state index in [0.29, 0.717) is 79.3 Å². The van der Waals surface area contributed by atoms with Gasteiger partial charge in [0.2, 0.25) is 0 Å². The number of benzene rings is 2. The fraction of sp³-hybridized carbons (Fsp3) is 0.480. The van der Waals surface area contributed by atoms with Crippen molar-refractivity contribution in [2.45, 2.75) is 0 Å². The van der Waals surface area contributed by atoms with Crippen molar-refractivity contribution in [1.29, 1.82) is 0 Å². The van der Waals surface area contributed by atoms with Crippen LogP contribution in [0.5, 0.6) is 11.5 Å². The lowest BCUT2D eigenvalue weighted by Gasteiger charge is -2.10. The Balaban J connectivity index is 1.45. The molecule has 0 atom stereocenters. The van der Waals surface area contributed by atoms with Gasteiger partial charge in [0.05, 0.1) is 66.1 Å². The first-order valence-electron chi connectivity index (χ1n) is 11.3. The van der Waals surface area contributed by atoms with Gasteiger partial charge in [-0.25, -0.2) is 4.42 Å². The lowest BCUT2D eigenvalue weighted by atomic mass is 10.1. The van der Waals surface area contributed by atoms with Crippen LogP contribution in [-0.4, -0.2) is 79.3 Å². The summed E-state index contributed by atoms with van der Waals surface area (Å²) in [6.07, 6.45) is 0. The Kier molecular flexibility index (Phi) is 9.52. The highest BCUT2D eigenvalue weighted by Gasteiger charge is 2.18. The van der Waals surface area contributed by atoms with Crippen LogP contribution >= 0.6 is 0 Å². The molecule has 0 amide bonds. The second kappa shape index (κ2) is 13.3. The molecule has 2 aromatic carbocycles. The van der Waals surface area contributed by atoms with Crippen molar-refractivity contribution in [3.63, 3.8) is 0 Å². The van der Waals surface area contributed by atoms with Gasteiger partial charge in [-0.05, 0) is 30.3 Å². The van der Waals surface area contributed by atoms with E-state index < -0.39 is 0 Å². The fourth-order valence-corrected chi connectivity index (χ4v) is 3.43. The van der Waals surface area contributed by atoms with E-state index in [1.54, 1.807) is 0 Å². The molecular formula is C25H31O8+. The maximum Gasteiger partial charge on any atom is 0.364 e. The molecule has 0 aliphatic carbocycles. The van der Waals surface area contributed by atoms with Crippen LogP contribution < -0.4 is 9.47 Å². The molecule has 0 spiro atoms. The zero-order chi connectivity index (χ0) is 22.6. The van der Waals surface area contributed by atoms with Crippen LogP contribution in [0.15, 0.2) is 46.9 Å². The van der Waals surface area contributed by atoms with Gasteiger partial charge in [0, 0.05) is 12.1 Å². The van der Waals surface area contributed by atoms with Gasteiger partial charge >= 0.3 is 11.2 Å². The van der Waals surface area contributed by atoms with Crippen LogP contribution in [0.1, 0.15) is 0 Å². The van der Waals surface area contributed by atoms with Crippen LogP contribution in [0.25, 0.3) is 21.9 Å². The van der Waals surface area contributed by atoms with Crippen molar-refractivity contribution in [2.75, 3.05) is 79.3 Å². The molecule has 0 fully saturated rings. The number of ether oxygens (including phenoxy) is 7. The highest BCUT2D eigenvalue weighted by atomic mass is 16.6. The van der Waals surface area contributed by atoms with E-state index in [9.17, 15) is 0 Å². The second-order valence-electron chi connectivity index (χ2n) is 7.34. The first-order valence-corrected chi connectivity index (χ1v) is 11.3. The smallest absolute Gasteiger partial charge is 0.364 e. The summed E-state index contributed by atoms with van der Waals surface area (Å²) in [5.41, 5.74) is 1.50. The van der Waals surface area contributed by atoms with E-state index >= 15 is 0 Å². The first kappa shape index (κ1) is 23.7. The fourth-order valence-electron chi connectivity index (χ4n) is 3.43. The van der Waals surface area contributed by atoms with Crippen LogP contribution in [0.3, 0.4) is 0 Å². The Morgan fingerprint density at radius 1 is 0.455 bits per heavy atom. The van der Waals surface area contributed by atoms with Gasteiger partial charge in [-0.3, -0.25) is 0 Å². The molecular weight excluding hydrogens is 428 g/mol. The molecule has 0 unspecified atom stereocenters. The van der Waals surface area contributed by atoms with E-state index in [2.05, 4.69) is 0 Å². The minimum atomic E-state index is 0.426.